The maximum absolute atomic E-state index is 13.2. The van der Waals surface area contributed by atoms with Crippen molar-refractivity contribution in [3.8, 4) is 5.69 Å². The van der Waals surface area contributed by atoms with E-state index in [1.807, 2.05) is 30.3 Å². The minimum absolute atomic E-state index is 0.140. The van der Waals surface area contributed by atoms with Crippen LogP contribution in [0.4, 0.5) is 0 Å². The van der Waals surface area contributed by atoms with Crippen LogP contribution >= 0.6 is 11.6 Å². The van der Waals surface area contributed by atoms with Gasteiger partial charge in [-0.05, 0) is 23.8 Å². The first-order valence-electron chi connectivity index (χ1n) is 9.09. The average molecular weight is 411 g/mol. The Balaban J connectivity index is 1.99. The first kappa shape index (κ1) is 19.2. The highest BCUT2D eigenvalue weighted by Gasteiger charge is 2.19. The van der Waals surface area contributed by atoms with E-state index in [0.29, 0.717) is 28.4 Å². The van der Waals surface area contributed by atoms with Gasteiger partial charge >= 0.3 is 5.69 Å². The molecule has 0 atom stereocenters. The minimum Gasteiger partial charge on any atom is -0.383 e. The van der Waals surface area contributed by atoms with Gasteiger partial charge in [-0.2, -0.15) is 0 Å². The molecule has 148 valence electrons. The van der Waals surface area contributed by atoms with Gasteiger partial charge in [0.15, 0.2) is 11.2 Å². The molecule has 2 heterocycles. The fourth-order valence-corrected chi connectivity index (χ4v) is 3.49. The number of aromatic nitrogens is 4. The zero-order valence-corrected chi connectivity index (χ0v) is 16.5. The third-order valence-corrected chi connectivity index (χ3v) is 4.92. The van der Waals surface area contributed by atoms with Gasteiger partial charge in [-0.3, -0.25) is 9.36 Å². The molecule has 4 aromatic rings. The summed E-state index contributed by atoms with van der Waals surface area (Å²) in [6.07, 6.45) is 1.58. The highest BCUT2D eigenvalue weighted by atomic mass is 35.5. The van der Waals surface area contributed by atoms with Gasteiger partial charge in [-0.1, -0.05) is 48.0 Å². The van der Waals surface area contributed by atoms with Crippen molar-refractivity contribution in [3.63, 3.8) is 0 Å². The molecule has 0 radical (unpaired) electrons. The van der Waals surface area contributed by atoms with E-state index >= 15 is 0 Å². The summed E-state index contributed by atoms with van der Waals surface area (Å²) < 4.78 is 9.44. The summed E-state index contributed by atoms with van der Waals surface area (Å²) in [7, 11) is 1.53. The van der Waals surface area contributed by atoms with E-state index in [4.69, 9.17) is 16.3 Å². The Morgan fingerprint density at radius 1 is 1.07 bits per heavy atom. The predicted octanol–water partition coefficient (Wildman–Crippen LogP) is 2.70. The summed E-state index contributed by atoms with van der Waals surface area (Å²) in [4.78, 5) is 30.8. The van der Waals surface area contributed by atoms with Crippen molar-refractivity contribution in [2.24, 2.45) is 0 Å². The van der Waals surface area contributed by atoms with E-state index in [2.05, 4.69) is 4.98 Å². The average Bonchev–Trinajstić information content (AvgIpc) is 3.12. The Kier molecular flexibility index (Phi) is 5.33. The quantitative estimate of drug-likeness (QED) is 0.490. The number of imidazole rings is 1. The van der Waals surface area contributed by atoms with Crippen molar-refractivity contribution < 1.29 is 4.74 Å². The van der Waals surface area contributed by atoms with E-state index < -0.39 is 11.2 Å². The molecule has 0 spiro atoms. The van der Waals surface area contributed by atoms with Crippen molar-refractivity contribution in [1.29, 1.82) is 0 Å². The summed E-state index contributed by atoms with van der Waals surface area (Å²) in [5, 5.41) is 0.487. The standard InChI is InChI=1S/C21H19ClN4O3/c1-29-11-10-25-20(27)18-19(23-14-24(18)13-15-6-3-2-4-7-15)26(21(25)28)17-9-5-8-16(22)12-17/h2-9,12,14H,10-11,13H2,1H3. The van der Waals surface area contributed by atoms with Crippen LogP contribution in [0.5, 0.6) is 0 Å². The smallest absolute Gasteiger partial charge is 0.337 e. The lowest BCUT2D eigenvalue weighted by Gasteiger charge is -2.13. The monoisotopic (exact) mass is 410 g/mol. The molecule has 29 heavy (non-hydrogen) atoms. The molecule has 4 rings (SSSR count). The highest BCUT2D eigenvalue weighted by molar-refractivity contribution is 6.30. The van der Waals surface area contributed by atoms with Crippen LogP contribution < -0.4 is 11.2 Å². The Morgan fingerprint density at radius 2 is 1.86 bits per heavy atom. The van der Waals surface area contributed by atoms with Crippen molar-refractivity contribution >= 4 is 22.8 Å². The lowest BCUT2D eigenvalue weighted by molar-refractivity contribution is 0.184. The fourth-order valence-electron chi connectivity index (χ4n) is 3.31. The fraction of sp³-hybridized carbons (Fsp3) is 0.190. The lowest BCUT2D eigenvalue weighted by Crippen LogP contribution is -2.41. The number of halogens is 1. The molecule has 7 nitrogen and oxygen atoms in total. The summed E-state index contributed by atoms with van der Waals surface area (Å²) >= 11 is 6.14. The van der Waals surface area contributed by atoms with Gasteiger partial charge in [-0.25, -0.2) is 14.3 Å². The third-order valence-electron chi connectivity index (χ3n) is 4.68. The molecule has 2 aromatic heterocycles. The summed E-state index contributed by atoms with van der Waals surface area (Å²) in [5.74, 6) is 0. The first-order chi connectivity index (χ1) is 14.1. The Hall–Kier alpha value is -3.16. The van der Waals surface area contributed by atoms with Gasteiger partial charge in [0.25, 0.3) is 5.56 Å². The minimum atomic E-state index is -0.480. The van der Waals surface area contributed by atoms with Crippen LogP contribution in [0.3, 0.4) is 0 Å². The molecular formula is C21H19ClN4O3. The van der Waals surface area contributed by atoms with Crippen LogP contribution in [0, 0.1) is 0 Å². The van der Waals surface area contributed by atoms with Gasteiger partial charge in [0.05, 0.1) is 25.2 Å². The van der Waals surface area contributed by atoms with Crippen molar-refractivity contribution in [2.45, 2.75) is 13.1 Å². The Bertz CT molecular complexity index is 1270. The SMILES string of the molecule is COCCn1c(=O)c2c(ncn2Cc2ccccc2)n(-c2cccc(Cl)c2)c1=O. The van der Waals surface area contributed by atoms with Gasteiger partial charge in [0.2, 0.25) is 0 Å². The first-order valence-corrected chi connectivity index (χ1v) is 9.47. The maximum Gasteiger partial charge on any atom is 0.337 e. The number of fused-ring (bicyclic) bond motifs is 1. The molecule has 0 bridgehead atoms. The second kappa shape index (κ2) is 8.06. The van der Waals surface area contributed by atoms with E-state index in [-0.39, 0.29) is 13.2 Å². The van der Waals surface area contributed by atoms with Crippen LogP contribution in [0.25, 0.3) is 16.9 Å². The van der Waals surface area contributed by atoms with Gasteiger partial charge in [0, 0.05) is 18.7 Å². The summed E-state index contributed by atoms with van der Waals surface area (Å²) in [6.45, 7) is 0.842. The maximum atomic E-state index is 13.2. The predicted molar refractivity (Wildman–Crippen MR) is 112 cm³/mol. The second-order valence-corrected chi connectivity index (χ2v) is 7.01. The van der Waals surface area contributed by atoms with Crippen molar-refractivity contribution in [1.82, 2.24) is 18.7 Å². The second-order valence-electron chi connectivity index (χ2n) is 6.58. The van der Waals surface area contributed by atoms with Crippen molar-refractivity contribution in [2.75, 3.05) is 13.7 Å². The van der Waals surface area contributed by atoms with Crippen LogP contribution in [0.1, 0.15) is 5.56 Å². The lowest BCUT2D eigenvalue weighted by atomic mass is 10.2. The Morgan fingerprint density at radius 3 is 2.59 bits per heavy atom. The number of rotatable bonds is 6. The van der Waals surface area contributed by atoms with Gasteiger partial charge in [-0.15, -0.1) is 0 Å². The van der Waals surface area contributed by atoms with Gasteiger partial charge in [0.1, 0.15) is 0 Å². The number of hydrogen-bond donors (Lipinski definition) is 0. The van der Waals surface area contributed by atoms with Crippen LogP contribution in [-0.2, 0) is 17.8 Å². The summed E-state index contributed by atoms with van der Waals surface area (Å²) in [6, 6.07) is 16.7. The van der Waals surface area contributed by atoms with E-state index in [1.54, 1.807) is 35.2 Å². The number of methoxy groups -OCH3 is 1. The molecule has 0 fully saturated rings. The number of hydrogen-bond acceptors (Lipinski definition) is 4. The zero-order valence-electron chi connectivity index (χ0n) is 15.8. The van der Waals surface area contributed by atoms with Crippen LogP contribution in [0.2, 0.25) is 5.02 Å². The third kappa shape index (κ3) is 3.62. The molecule has 2 aromatic carbocycles. The highest BCUT2D eigenvalue weighted by Crippen LogP contribution is 2.17. The van der Waals surface area contributed by atoms with E-state index in [1.165, 1.54) is 16.2 Å². The normalized spacial score (nSPS) is 11.2. The number of benzene rings is 2. The molecule has 8 heteroatoms. The topological polar surface area (TPSA) is 71.1 Å². The van der Waals surface area contributed by atoms with Gasteiger partial charge < -0.3 is 9.30 Å². The van der Waals surface area contributed by atoms with E-state index in [9.17, 15) is 9.59 Å². The Labute approximate surface area is 171 Å². The van der Waals surface area contributed by atoms with Crippen molar-refractivity contribution in [3.05, 3.63) is 92.3 Å². The molecule has 0 aliphatic rings. The molecule has 0 saturated carbocycles. The summed E-state index contributed by atoms with van der Waals surface area (Å²) in [5.41, 5.74) is 1.34. The zero-order chi connectivity index (χ0) is 20.4. The molecule has 0 saturated heterocycles. The number of nitrogens with zero attached hydrogens (tertiary/aromatic N) is 4. The molecule has 0 unspecified atom stereocenters. The molecule has 0 aliphatic heterocycles. The molecule has 0 N–H and O–H groups in total. The number of ether oxygens (including phenoxy) is 1. The molecule has 0 amide bonds. The molecule has 0 aliphatic carbocycles. The van der Waals surface area contributed by atoms with Crippen LogP contribution in [0.15, 0.2) is 70.5 Å². The van der Waals surface area contributed by atoms with Crippen LogP contribution in [-0.4, -0.2) is 32.4 Å². The van der Waals surface area contributed by atoms with E-state index in [0.717, 1.165) is 5.56 Å². The largest absolute Gasteiger partial charge is 0.383 e. The molecular weight excluding hydrogens is 392 g/mol.